The standard InChI is InChI=1S/C20H24O3/c1-19-7-3-8-20(2)14-5-4-12-6-9-22-17(12)16(21)13(14)10-15(18(19)20)23-11-19/h6,9,15,18H,3-5,7-8,10-11H2,1-2H3. The lowest BCUT2D eigenvalue weighted by molar-refractivity contribution is 0.00972. The first-order chi connectivity index (χ1) is 11.0. The van der Waals surface area contributed by atoms with E-state index in [4.69, 9.17) is 9.15 Å². The molecule has 1 saturated heterocycles. The van der Waals surface area contributed by atoms with Crippen molar-refractivity contribution >= 4 is 5.78 Å². The molecule has 3 nitrogen and oxygen atoms in total. The Hall–Kier alpha value is -1.35. The highest BCUT2D eigenvalue weighted by atomic mass is 16.5. The first-order valence-corrected chi connectivity index (χ1v) is 8.98. The SMILES string of the molecule is CC12CCCC3(C)C4=C(CC(OC1)C23)C(=O)c1occc1CC4. The van der Waals surface area contributed by atoms with Gasteiger partial charge in [-0.25, -0.2) is 0 Å². The highest BCUT2D eigenvalue weighted by Crippen LogP contribution is 2.64. The van der Waals surface area contributed by atoms with Gasteiger partial charge in [-0.05, 0) is 42.6 Å². The molecule has 0 aromatic carbocycles. The molecular weight excluding hydrogens is 288 g/mol. The van der Waals surface area contributed by atoms with E-state index in [0.29, 0.717) is 11.7 Å². The third kappa shape index (κ3) is 1.67. The summed E-state index contributed by atoms with van der Waals surface area (Å²) in [5.74, 6) is 1.27. The molecule has 1 saturated carbocycles. The van der Waals surface area contributed by atoms with Gasteiger partial charge in [0.2, 0.25) is 5.78 Å². The van der Waals surface area contributed by atoms with Crippen molar-refractivity contribution in [3.05, 3.63) is 34.8 Å². The molecule has 0 radical (unpaired) electrons. The second kappa shape index (κ2) is 4.38. The van der Waals surface area contributed by atoms with Crippen molar-refractivity contribution in [2.24, 2.45) is 16.7 Å². The summed E-state index contributed by atoms with van der Waals surface area (Å²) in [5.41, 5.74) is 3.93. The van der Waals surface area contributed by atoms with Crippen LogP contribution in [0.5, 0.6) is 0 Å². The molecule has 122 valence electrons. The number of fused-ring (bicyclic) bond motifs is 2. The van der Waals surface area contributed by atoms with Crippen LogP contribution in [0, 0.1) is 16.7 Å². The number of ketones is 1. The molecule has 1 aliphatic heterocycles. The number of furan rings is 1. The van der Waals surface area contributed by atoms with E-state index in [1.807, 2.05) is 6.07 Å². The summed E-state index contributed by atoms with van der Waals surface area (Å²) in [6.45, 7) is 5.67. The van der Waals surface area contributed by atoms with Gasteiger partial charge in [-0.2, -0.15) is 0 Å². The summed E-state index contributed by atoms with van der Waals surface area (Å²) in [6, 6.07) is 1.97. The average Bonchev–Trinajstić information content (AvgIpc) is 3.08. The van der Waals surface area contributed by atoms with Crippen LogP contribution in [0.25, 0.3) is 0 Å². The van der Waals surface area contributed by atoms with Crippen molar-refractivity contribution < 1.29 is 13.9 Å². The van der Waals surface area contributed by atoms with E-state index in [0.717, 1.165) is 37.0 Å². The number of carbonyl (C=O) groups is 1. The second-order valence-electron chi connectivity index (χ2n) is 8.52. The Bertz CT molecular complexity index is 727. The van der Waals surface area contributed by atoms with Crippen LogP contribution in [0.1, 0.15) is 62.1 Å². The summed E-state index contributed by atoms with van der Waals surface area (Å²) in [4.78, 5) is 13.1. The van der Waals surface area contributed by atoms with E-state index in [1.165, 1.54) is 24.8 Å². The maximum atomic E-state index is 13.1. The zero-order valence-electron chi connectivity index (χ0n) is 14.0. The van der Waals surface area contributed by atoms with E-state index in [2.05, 4.69) is 13.8 Å². The summed E-state index contributed by atoms with van der Waals surface area (Å²) in [7, 11) is 0. The van der Waals surface area contributed by atoms with Crippen LogP contribution >= 0.6 is 0 Å². The van der Waals surface area contributed by atoms with Crippen molar-refractivity contribution in [1.82, 2.24) is 0 Å². The predicted octanol–water partition coefficient (Wildman–Crippen LogP) is 4.32. The van der Waals surface area contributed by atoms with Gasteiger partial charge >= 0.3 is 0 Å². The molecule has 0 amide bonds. The first-order valence-electron chi connectivity index (χ1n) is 8.98. The average molecular weight is 312 g/mol. The first kappa shape index (κ1) is 14.0. The van der Waals surface area contributed by atoms with Crippen LogP contribution < -0.4 is 0 Å². The molecule has 23 heavy (non-hydrogen) atoms. The van der Waals surface area contributed by atoms with Gasteiger partial charge in [-0.15, -0.1) is 0 Å². The van der Waals surface area contributed by atoms with Gasteiger partial charge in [-0.1, -0.05) is 25.8 Å². The van der Waals surface area contributed by atoms with Crippen molar-refractivity contribution in [3.8, 4) is 0 Å². The molecule has 4 unspecified atom stereocenters. The van der Waals surface area contributed by atoms with E-state index < -0.39 is 0 Å². The predicted molar refractivity (Wildman–Crippen MR) is 86.3 cm³/mol. The summed E-state index contributed by atoms with van der Waals surface area (Å²) >= 11 is 0. The van der Waals surface area contributed by atoms with Crippen molar-refractivity contribution in [2.45, 2.75) is 58.5 Å². The molecule has 4 aliphatic rings. The Morgan fingerprint density at radius 3 is 2.96 bits per heavy atom. The van der Waals surface area contributed by atoms with Gasteiger partial charge in [0.05, 0.1) is 19.0 Å². The monoisotopic (exact) mass is 312 g/mol. The summed E-state index contributed by atoms with van der Waals surface area (Å²) in [5, 5.41) is 0. The fourth-order valence-electron chi connectivity index (χ4n) is 6.33. The Morgan fingerprint density at radius 2 is 2.09 bits per heavy atom. The zero-order chi connectivity index (χ0) is 15.8. The normalized spacial score (nSPS) is 42.1. The molecule has 0 N–H and O–H groups in total. The van der Waals surface area contributed by atoms with E-state index in [-0.39, 0.29) is 22.7 Å². The molecule has 4 atom stereocenters. The zero-order valence-corrected chi connectivity index (χ0v) is 14.0. The lowest BCUT2D eigenvalue weighted by atomic mass is 9.49. The number of ether oxygens (including phenoxy) is 1. The Kier molecular flexibility index (Phi) is 2.67. The van der Waals surface area contributed by atoms with E-state index >= 15 is 0 Å². The molecule has 3 heteroatoms. The molecule has 0 spiro atoms. The van der Waals surface area contributed by atoms with Crippen LogP contribution in [0.4, 0.5) is 0 Å². The second-order valence-corrected chi connectivity index (χ2v) is 8.52. The number of rotatable bonds is 0. The quantitative estimate of drug-likeness (QED) is 0.716. The summed E-state index contributed by atoms with van der Waals surface area (Å²) in [6.07, 6.45) is 8.29. The van der Waals surface area contributed by atoms with Crippen LogP contribution in [0.3, 0.4) is 0 Å². The van der Waals surface area contributed by atoms with Crippen LogP contribution in [0.15, 0.2) is 27.9 Å². The minimum absolute atomic E-state index is 0.125. The molecule has 0 bridgehead atoms. The van der Waals surface area contributed by atoms with Gasteiger partial charge in [0.1, 0.15) is 0 Å². The van der Waals surface area contributed by atoms with Gasteiger partial charge in [0, 0.05) is 23.5 Å². The topological polar surface area (TPSA) is 39.4 Å². The van der Waals surface area contributed by atoms with Crippen LogP contribution in [0.2, 0.25) is 0 Å². The Morgan fingerprint density at radius 1 is 1.22 bits per heavy atom. The summed E-state index contributed by atoms with van der Waals surface area (Å²) < 4.78 is 11.8. The molecule has 3 aliphatic carbocycles. The highest BCUT2D eigenvalue weighted by Gasteiger charge is 2.60. The number of Topliss-reactive ketones (excluding diaryl/α,β-unsaturated/α-hetero) is 1. The lowest BCUT2D eigenvalue weighted by Crippen LogP contribution is -2.49. The number of aryl methyl sites for hydroxylation is 1. The third-order valence-corrected chi connectivity index (χ3v) is 7.21. The van der Waals surface area contributed by atoms with Gasteiger partial charge in [0.25, 0.3) is 0 Å². The minimum Gasteiger partial charge on any atom is -0.461 e. The van der Waals surface area contributed by atoms with Crippen molar-refractivity contribution in [3.63, 3.8) is 0 Å². The largest absolute Gasteiger partial charge is 0.461 e. The molecular formula is C20H24O3. The number of hydrogen-bond acceptors (Lipinski definition) is 3. The van der Waals surface area contributed by atoms with Gasteiger partial charge in [-0.3, -0.25) is 4.79 Å². The maximum absolute atomic E-state index is 13.1. The van der Waals surface area contributed by atoms with Crippen molar-refractivity contribution in [1.29, 1.82) is 0 Å². The molecule has 1 aromatic heterocycles. The van der Waals surface area contributed by atoms with E-state index in [9.17, 15) is 4.79 Å². The Balaban J connectivity index is 1.68. The molecule has 1 aromatic rings. The van der Waals surface area contributed by atoms with Gasteiger partial charge in [0.15, 0.2) is 5.76 Å². The number of allylic oxidation sites excluding steroid dienone is 1. The number of carbonyl (C=O) groups excluding carboxylic acids is 1. The third-order valence-electron chi connectivity index (χ3n) is 7.21. The van der Waals surface area contributed by atoms with Crippen LogP contribution in [-0.2, 0) is 11.2 Å². The molecule has 2 fully saturated rings. The maximum Gasteiger partial charge on any atom is 0.224 e. The Labute approximate surface area is 137 Å². The highest BCUT2D eigenvalue weighted by molar-refractivity contribution is 6.09. The smallest absolute Gasteiger partial charge is 0.224 e. The fourth-order valence-corrected chi connectivity index (χ4v) is 6.33. The van der Waals surface area contributed by atoms with E-state index in [1.54, 1.807) is 6.26 Å². The fraction of sp³-hybridized carbons (Fsp3) is 0.650. The molecule has 2 heterocycles. The van der Waals surface area contributed by atoms with Crippen LogP contribution in [-0.4, -0.2) is 18.5 Å². The minimum atomic E-state index is 0.125. The number of hydrogen-bond donors (Lipinski definition) is 0. The lowest BCUT2D eigenvalue weighted by Gasteiger charge is -2.53. The van der Waals surface area contributed by atoms with Crippen molar-refractivity contribution in [2.75, 3.05) is 6.61 Å². The van der Waals surface area contributed by atoms with Gasteiger partial charge < -0.3 is 9.15 Å². The molecule has 5 rings (SSSR count).